The van der Waals surface area contributed by atoms with Gasteiger partial charge in [-0.25, -0.2) is 8.78 Å². The summed E-state index contributed by atoms with van der Waals surface area (Å²) in [6.07, 6.45) is 2.28. The summed E-state index contributed by atoms with van der Waals surface area (Å²) in [4.78, 5) is 17.5. The van der Waals surface area contributed by atoms with Gasteiger partial charge in [0, 0.05) is 12.8 Å². The molecule has 1 N–H and O–H groups in total. The second-order valence-corrected chi connectivity index (χ2v) is 9.86. The van der Waals surface area contributed by atoms with E-state index in [9.17, 15) is 13.6 Å². The van der Waals surface area contributed by atoms with Gasteiger partial charge in [0.1, 0.15) is 5.82 Å². The lowest BCUT2D eigenvalue weighted by atomic mass is 9.68. The van der Waals surface area contributed by atoms with Crippen LogP contribution in [0.5, 0.6) is 0 Å². The molecule has 4 nitrogen and oxygen atoms in total. The highest BCUT2D eigenvalue weighted by molar-refractivity contribution is 6.35. The van der Waals surface area contributed by atoms with Gasteiger partial charge in [-0.15, -0.1) is 0 Å². The van der Waals surface area contributed by atoms with Gasteiger partial charge < -0.3 is 5.32 Å². The molecular formula is C25H24ClF2N3O. The van der Waals surface area contributed by atoms with Crippen molar-refractivity contribution in [3.8, 4) is 5.69 Å². The van der Waals surface area contributed by atoms with Crippen molar-refractivity contribution in [1.82, 2.24) is 14.9 Å². The molecule has 1 aliphatic carbocycles. The zero-order valence-corrected chi connectivity index (χ0v) is 18.4. The molecule has 3 heterocycles. The van der Waals surface area contributed by atoms with E-state index in [2.05, 4.69) is 28.5 Å². The van der Waals surface area contributed by atoms with Gasteiger partial charge in [-0.2, -0.15) is 4.98 Å². The van der Waals surface area contributed by atoms with Gasteiger partial charge in [-0.05, 0) is 74.0 Å². The fourth-order valence-electron chi connectivity index (χ4n) is 5.99. The monoisotopic (exact) mass is 455 g/mol. The molecule has 0 bridgehead atoms. The van der Waals surface area contributed by atoms with E-state index in [0.29, 0.717) is 27.7 Å². The number of hydrogen-bond donors (Lipinski definition) is 1. The van der Waals surface area contributed by atoms with E-state index in [-0.39, 0.29) is 31.2 Å². The van der Waals surface area contributed by atoms with E-state index >= 15 is 0 Å². The van der Waals surface area contributed by atoms with Crippen LogP contribution in [0.4, 0.5) is 8.78 Å². The first-order valence-corrected chi connectivity index (χ1v) is 11.7. The fourth-order valence-corrected chi connectivity index (χ4v) is 6.24. The van der Waals surface area contributed by atoms with Crippen LogP contribution in [-0.4, -0.2) is 28.6 Å². The van der Waals surface area contributed by atoms with Gasteiger partial charge in [-0.1, -0.05) is 29.8 Å². The van der Waals surface area contributed by atoms with Crippen LogP contribution in [-0.2, 0) is 5.41 Å². The zero-order valence-electron chi connectivity index (χ0n) is 17.6. The van der Waals surface area contributed by atoms with Crippen LogP contribution < -0.4 is 10.9 Å². The molecule has 1 saturated heterocycles. The average Bonchev–Trinajstić information content (AvgIpc) is 3.05. The lowest BCUT2D eigenvalue weighted by Crippen LogP contribution is -2.38. The van der Waals surface area contributed by atoms with Crippen LogP contribution in [0.15, 0.2) is 41.2 Å². The van der Waals surface area contributed by atoms with Crippen molar-refractivity contribution in [3.05, 3.63) is 68.7 Å². The zero-order chi connectivity index (χ0) is 22.1. The fraction of sp³-hybridized carbons (Fsp3) is 0.440. The van der Waals surface area contributed by atoms with Crippen LogP contribution in [0, 0.1) is 0 Å². The van der Waals surface area contributed by atoms with E-state index in [1.54, 1.807) is 6.07 Å². The highest BCUT2D eigenvalue weighted by atomic mass is 35.5. The Hall–Kier alpha value is -2.31. The summed E-state index contributed by atoms with van der Waals surface area (Å²) in [5.41, 5.74) is 2.85. The Balaban J connectivity index is 1.62. The number of alkyl halides is 2. The topological polar surface area (TPSA) is 46.9 Å². The van der Waals surface area contributed by atoms with Crippen LogP contribution in [0.3, 0.4) is 0 Å². The lowest BCUT2D eigenvalue weighted by molar-refractivity contribution is -0.0473. The maximum Gasteiger partial charge on any atom is 0.282 e. The molecule has 2 aliphatic heterocycles. The molecular weight excluding hydrogens is 432 g/mol. The van der Waals surface area contributed by atoms with E-state index < -0.39 is 11.3 Å². The van der Waals surface area contributed by atoms with E-state index in [1.807, 2.05) is 16.7 Å². The Morgan fingerprint density at radius 2 is 1.81 bits per heavy atom. The van der Waals surface area contributed by atoms with Crippen molar-refractivity contribution in [2.45, 2.75) is 55.8 Å². The molecule has 3 aromatic rings. The number of hydrogen-bond acceptors (Lipinski definition) is 3. The highest BCUT2D eigenvalue weighted by Gasteiger charge is 2.52. The molecule has 166 valence electrons. The predicted octanol–water partition coefficient (Wildman–Crippen LogP) is 5.31. The Labute approximate surface area is 189 Å². The van der Waals surface area contributed by atoms with Crippen molar-refractivity contribution < 1.29 is 8.78 Å². The molecule has 0 unspecified atom stereocenters. The normalized spacial score (nSPS) is 21.6. The highest BCUT2D eigenvalue weighted by Crippen LogP contribution is 2.54. The summed E-state index contributed by atoms with van der Waals surface area (Å²) in [7, 11) is 0. The molecule has 0 radical (unpaired) electrons. The van der Waals surface area contributed by atoms with E-state index in [0.717, 1.165) is 37.2 Å². The SMILES string of the molecule is O=c1nc2n(c3cccc(Cl)c13)-c1ccc(C3CCNCC3)cc1C21CCC(F)(F)CC1. The van der Waals surface area contributed by atoms with Crippen LogP contribution in [0.1, 0.15) is 61.4 Å². The molecule has 0 amide bonds. The Kier molecular flexibility index (Phi) is 4.50. The molecule has 32 heavy (non-hydrogen) atoms. The van der Waals surface area contributed by atoms with Gasteiger partial charge in [-0.3, -0.25) is 9.36 Å². The number of rotatable bonds is 1. The summed E-state index contributed by atoms with van der Waals surface area (Å²) in [6.45, 7) is 1.97. The Morgan fingerprint density at radius 1 is 1.06 bits per heavy atom. The molecule has 7 heteroatoms. The second-order valence-electron chi connectivity index (χ2n) is 9.45. The quantitative estimate of drug-likeness (QED) is 0.540. The number of benzene rings is 2. The first-order chi connectivity index (χ1) is 15.4. The van der Waals surface area contributed by atoms with Crippen molar-refractivity contribution in [2.75, 3.05) is 13.1 Å². The van der Waals surface area contributed by atoms with E-state index in [1.165, 1.54) is 5.56 Å². The maximum absolute atomic E-state index is 14.2. The van der Waals surface area contributed by atoms with Crippen molar-refractivity contribution in [2.24, 2.45) is 0 Å². The first kappa shape index (κ1) is 20.3. The molecule has 2 aromatic carbocycles. The lowest BCUT2D eigenvalue weighted by Gasteiger charge is -2.37. The first-order valence-electron chi connectivity index (χ1n) is 11.3. The number of aromatic nitrogens is 2. The Bertz CT molecular complexity index is 1290. The third-order valence-corrected chi connectivity index (χ3v) is 8.03. The summed E-state index contributed by atoms with van der Waals surface area (Å²) in [5, 5.41) is 4.14. The molecule has 3 aliphatic rings. The van der Waals surface area contributed by atoms with Crippen LogP contribution in [0.25, 0.3) is 16.6 Å². The number of halogens is 3. The smallest absolute Gasteiger partial charge is 0.282 e. The summed E-state index contributed by atoms with van der Waals surface area (Å²) >= 11 is 6.37. The molecule has 6 rings (SSSR count). The maximum atomic E-state index is 14.2. The van der Waals surface area contributed by atoms with Crippen LogP contribution in [0.2, 0.25) is 5.02 Å². The number of nitrogens with zero attached hydrogens (tertiary/aromatic N) is 2. The van der Waals surface area contributed by atoms with Gasteiger partial charge in [0.25, 0.3) is 5.56 Å². The number of nitrogens with one attached hydrogen (secondary N) is 1. The molecule has 0 atom stereocenters. The minimum Gasteiger partial charge on any atom is -0.317 e. The van der Waals surface area contributed by atoms with Gasteiger partial charge in [0.05, 0.1) is 27.0 Å². The van der Waals surface area contributed by atoms with Gasteiger partial charge in [0.2, 0.25) is 5.92 Å². The Morgan fingerprint density at radius 3 is 2.56 bits per heavy atom. The minimum atomic E-state index is -2.67. The summed E-state index contributed by atoms with van der Waals surface area (Å²) < 4.78 is 30.5. The number of piperidine rings is 1. The summed E-state index contributed by atoms with van der Waals surface area (Å²) in [5.74, 6) is -1.64. The second kappa shape index (κ2) is 7.09. The summed E-state index contributed by atoms with van der Waals surface area (Å²) in [6, 6.07) is 11.8. The molecule has 1 spiro atoms. The third-order valence-electron chi connectivity index (χ3n) is 7.72. The van der Waals surface area contributed by atoms with Crippen molar-refractivity contribution in [1.29, 1.82) is 0 Å². The minimum absolute atomic E-state index is 0.201. The average molecular weight is 456 g/mol. The van der Waals surface area contributed by atoms with Crippen LogP contribution >= 0.6 is 11.6 Å². The third kappa shape index (κ3) is 2.88. The van der Waals surface area contributed by atoms with Gasteiger partial charge in [0.15, 0.2) is 0 Å². The van der Waals surface area contributed by atoms with Crippen molar-refractivity contribution >= 4 is 22.5 Å². The number of fused-ring (bicyclic) bond motifs is 7. The van der Waals surface area contributed by atoms with Gasteiger partial charge >= 0.3 is 0 Å². The molecule has 1 aromatic heterocycles. The van der Waals surface area contributed by atoms with E-state index in [4.69, 9.17) is 11.6 Å². The molecule has 1 saturated carbocycles. The van der Waals surface area contributed by atoms with Crippen molar-refractivity contribution in [3.63, 3.8) is 0 Å². The molecule has 2 fully saturated rings. The largest absolute Gasteiger partial charge is 0.317 e. The standard InChI is InChI=1S/C25H24ClF2N3O/c26-18-2-1-3-20-21(18)22(32)30-23-24(8-10-25(27,28)11-9-24)17-14-16(4-5-19(17)31(20)23)15-6-12-29-13-7-15/h1-5,14-15,29H,6-13H2. The predicted molar refractivity (Wildman–Crippen MR) is 121 cm³/mol.